The zero-order chi connectivity index (χ0) is 12.9. The maximum Gasteiger partial charge on any atom is 0.0309 e. The van der Waals surface area contributed by atoms with Crippen LogP contribution in [-0.2, 0) is 0 Å². The molecule has 0 saturated carbocycles. The molecule has 1 N–H and O–H groups in total. The van der Waals surface area contributed by atoms with E-state index in [-0.39, 0.29) is 0 Å². The van der Waals surface area contributed by atoms with Crippen molar-refractivity contribution in [3.63, 3.8) is 0 Å². The molecule has 0 amide bonds. The summed E-state index contributed by atoms with van der Waals surface area (Å²) in [6, 6.07) is 0.661. The van der Waals surface area contributed by atoms with Crippen molar-refractivity contribution in [2.45, 2.75) is 71.9 Å². The summed E-state index contributed by atoms with van der Waals surface area (Å²) in [5.41, 5.74) is 0.411. The lowest BCUT2D eigenvalue weighted by molar-refractivity contribution is 0.136. The first kappa shape index (κ1) is 15.0. The Labute approximate surface area is 108 Å². The van der Waals surface area contributed by atoms with Crippen molar-refractivity contribution in [3.8, 4) is 0 Å². The van der Waals surface area contributed by atoms with Crippen molar-refractivity contribution in [2.75, 3.05) is 19.6 Å². The molecule has 1 unspecified atom stereocenters. The quantitative estimate of drug-likeness (QED) is 0.735. The van der Waals surface area contributed by atoms with Gasteiger partial charge in [-0.05, 0) is 45.6 Å². The number of hydrogen-bond acceptors (Lipinski definition) is 2. The van der Waals surface area contributed by atoms with Crippen LogP contribution < -0.4 is 5.32 Å². The zero-order valence-corrected chi connectivity index (χ0v) is 12.6. The van der Waals surface area contributed by atoms with Gasteiger partial charge in [-0.2, -0.15) is 0 Å². The van der Waals surface area contributed by atoms with E-state index in [1.807, 2.05) is 0 Å². The van der Waals surface area contributed by atoms with E-state index in [0.717, 1.165) is 5.92 Å². The van der Waals surface area contributed by atoms with Crippen LogP contribution >= 0.6 is 0 Å². The smallest absolute Gasteiger partial charge is 0.0309 e. The molecule has 1 saturated heterocycles. The summed E-state index contributed by atoms with van der Waals surface area (Å²) < 4.78 is 0. The summed E-state index contributed by atoms with van der Waals surface area (Å²) in [5, 5.41) is 3.79. The van der Waals surface area contributed by atoms with Gasteiger partial charge in [-0.3, -0.25) is 4.90 Å². The summed E-state index contributed by atoms with van der Waals surface area (Å²) in [4.78, 5) is 2.67. The summed E-state index contributed by atoms with van der Waals surface area (Å²) in [5.74, 6) is 0.762. The van der Waals surface area contributed by atoms with E-state index in [1.54, 1.807) is 0 Å². The van der Waals surface area contributed by atoms with E-state index >= 15 is 0 Å². The molecule has 1 atom stereocenters. The molecule has 102 valence electrons. The van der Waals surface area contributed by atoms with Crippen LogP contribution in [0, 0.1) is 5.92 Å². The molecule has 0 bridgehead atoms. The minimum Gasteiger partial charge on any atom is -0.310 e. The van der Waals surface area contributed by atoms with E-state index in [1.165, 1.54) is 45.3 Å². The van der Waals surface area contributed by atoms with Crippen molar-refractivity contribution in [1.29, 1.82) is 0 Å². The van der Waals surface area contributed by atoms with E-state index in [4.69, 9.17) is 0 Å². The van der Waals surface area contributed by atoms with Crippen molar-refractivity contribution in [2.24, 2.45) is 5.92 Å². The summed E-state index contributed by atoms with van der Waals surface area (Å²) in [6.45, 7) is 15.3. The molecule has 0 aromatic rings. The third-order valence-corrected chi connectivity index (χ3v) is 3.90. The summed E-state index contributed by atoms with van der Waals surface area (Å²) >= 11 is 0. The van der Waals surface area contributed by atoms with Gasteiger partial charge in [-0.1, -0.05) is 27.2 Å². The topological polar surface area (TPSA) is 15.3 Å². The molecular weight excluding hydrogens is 208 g/mol. The molecule has 1 heterocycles. The largest absolute Gasteiger partial charge is 0.310 e. The van der Waals surface area contributed by atoms with Gasteiger partial charge >= 0.3 is 0 Å². The normalized spacial score (nSPS) is 25.4. The number of nitrogens with zero attached hydrogens (tertiary/aromatic N) is 1. The molecule has 0 aromatic heterocycles. The van der Waals surface area contributed by atoms with Crippen molar-refractivity contribution >= 4 is 0 Å². The Bertz CT molecular complexity index is 205. The van der Waals surface area contributed by atoms with E-state index < -0.39 is 0 Å². The Hall–Kier alpha value is -0.0800. The maximum absolute atomic E-state index is 3.79. The lowest BCUT2D eigenvalue weighted by atomic mass is 9.90. The summed E-state index contributed by atoms with van der Waals surface area (Å²) in [6.07, 6.45) is 5.34. The maximum atomic E-state index is 3.79. The van der Waals surface area contributed by atoms with Crippen molar-refractivity contribution in [3.05, 3.63) is 0 Å². The highest BCUT2D eigenvalue weighted by Gasteiger charge is 2.34. The van der Waals surface area contributed by atoms with Crippen molar-refractivity contribution < 1.29 is 0 Å². The first-order valence-corrected chi connectivity index (χ1v) is 7.48. The number of rotatable bonds is 7. The van der Waals surface area contributed by atoms with Gasteiger partial charge in [-0.15, -0.1) is 0 Å². The molecule has 1 aliphatic rings. The Morgan fingerprint density at radius 2 is 1.94 bits per heavy atom. The van der Waals surface area contributed by atoms with Gasteiger partial charge in [0.2, 0.25) is 0 Å². The average molecular weight is 240 g/mol. The van der Waals surface area contributed by atoms with Crippen LogP contribution in [0.1, 0.15) is 60.3 Å². The van der Waals surface area contributed by atoms with Crippen LogP contribution in [0.15, 0.2) is 0 Å². The Morgan fingerprint density at radius 3 is 2.35 bits per heavy atom. The molecule has 2 nitrogen and oxygen atoms in total. The minimum atomic E-state index is 0.411. The number of hydrogen-bond donors (Lipinski definition) is 1. The van der Waals surface area contributed by atoms with Crippen LogP contribution in [0.5, 0.6) is 0 Å². The summed E-state index contributed by atoms with van der Waals surface area (Å²) in [7, 11) is 0. The van der Waals surface area contributed by atoms with Crippen molar-refractivity contribution in [1.82, 2.24) is 10.2 Å². The van der Waals surface area contributed by atoms with Crippen LogP contribution in [0.4, 0.5) is 0 Å². The second-order valence-corrected chi connectivity index (χ2v) is 6.48. The Morgan fingerprint density at radius 1 is 1.24 bits per heavy atom. The van der Waals surface area contributed by atoms with Gasteiger partial charge in [0, 0.05) is 24.7 Å². The molecule has 1 rings (SSSR count). The molecule has 0 spiro atoms. The monoisotopic (exact) mass is 240 g/mol. The second-order valence-electron chi connectivity index (χ2n) is 6.48. The fraction of sp³-hybridized carbons (Fsp3) is 1.00. The lowest BCUT2D eigenvalue weighted by Gasteiger charge is -2.38. The van der Waals surface area contributed by atoms with Gasteiger partial charge in [-0.25, -0.2) is 0 Å². The second kappa shape index (κ2) is 6.75. The molecular formula is C15H32N2. The van der Waals surface area contributed by atoms with Gasteiger partial charge in [0.15, 0.2) is 0 Å². The fourth-order valence-electron chi connectivity index (χ4n) is 3.09. The SMILES string of the molecule is CCCC1(CN(CC(C)C)C(C)C)CCCN1. The molecule has 0 aliphatic carbocycles. The van der Waals surface area contributed by atoms with Crippen LogP contribution in [0.3, 0.4) is 0 Å². The third-order valence-electron chi connectivity index (χ3n) is 3.90. The molecule has 2 heteroatoms. The first-order valence-electron chi connectivity index (χ1n) is 7.48. The molecule has 0 aromatic carbocycles. The molecule has 1 aliphatic heterocycles. The zero-order valence-electron chi connectivity index (χ0n) is 12.6. The van der Waals surface area contributed by atoms with E-state index in [2.05, 4.69) is 44.8 Å². The first-order chi connectivity index (χ1) is 7.99. The highest BCUT2D eigenvalue weighted by Crippen LogP contribution is 2.26. The van der Waals surface area contributed by atoms with Crippen LogP contribution in [0.25, 0.3) is 0 Å². The van der Waals surface area contributed by atoms with Crippen LogP contribution in [-0.4, -0.2) is 36.1 Å². The van der Waals surface area contributed by atoms with Gasteiger partial charge in [0.25, 0.3) is 0 Å². The Kier molecular flexibility index (Phi) is 5.94. The van der Waals surface area contributed by atoms with Gasteiger partial charge < -0.3 is 5.32 Å². The molecule has 17 heavy (non-hydrogen) atoms. The van der Waals surface area contributed by atoms with Crippen LogP contribution in [0.2, 0.25) is 0 Å². The van der Waals surface area contributed by atoms with Gasteiger partial charge in [0.1, 0.15) is 0 Å². The predicted molar refractivity (Wildman–Crippen MR) is 76.4 cm³/mol. The van der Waals surface area contributed by atoms with E-state index in [9.17, 15) is 0 Å². The predicted octanol–water partition coefficient (Wildman–Crippen LogP) is 3.28. The fourth-order valence-corrected chi connectivity index (χ4v) is 3.09. The minimum absolute atomic E-state index is 0.411. The lowest BCUT2D eigenvalue weighted by Crippen LogP contribution is -2.52. The Balaban J connectivity index is 2.61. The molecule has 1 fully saturated rings. The highest BCUT2D eigenvalue weighted by molar-refractivity contribution is 4.95. The number of nitrogens with one attached hydrogen (secondary N) is 1. The standard InChI is InChI=1S/C15H32N2/c1-6-8-15(9-7-10-16-15)12-17(14(4)5)11-13(2)3/h13-14,16H,6-12H2,1-5H3. The highest BCUT2D eigenvalue weighted by atomic mass is 15.2. The molecule has 0 radical (unpaired) electrons. The van der Waals surface area contributed by atoms with Gasteiger partial charge in [0.05, 0.1) is 0 Å². The average Bonchev–Trinajstić information content (AvgIpc) is 2.65. The van der Waals surface area contributed by atoms with E-state index in [0.29, 0.717) is 11.6 Å². The third kappa shape index (κ3) is 4.59.